The van der Waals surface area contributed by atoms with Crippen molar-refractivity contribution in [2.45, 2.75) is 45.8 Å². The molecule has 1 N–H and O–H groups in total. The predicted octanol–water partition coefficient (Wildman–Crippen LogP) is 2.50. The smallest absolute Gasteiger partial charge is 0.407 e. The Labute approximate surface area is 148 Å². The Morgan fingerprint density at radius 2 is 1.76 bits per heavy atom. The van der Waals surface area contributed by atoms with Gasteiger partial charge < -0.3 is 19.7 Å². The molecule has 1 atom stereocenters. The van der Waals surface area contributed by atoms with E-state index in [-0.39, 0.29) is 18.9 Å². The molecule has 1 aromatic carbocycles. The molecule has 0 radical (unpaired) electrons. The monoisotopic (exact) mass is 350 g/mol. The minimum Gasteiger partial charge on any atom is -0.452 e. The molecule has 1 aromatic rings. The zero-order valence-electron chi connectivity index (χ0n) is 15.4. The fourth-order valence-electron chi connectivity index (χ4n) is 1.94. The molecule has 2 amide bonds. The van der Waals surface area contributed by atoms with Crippen LogP contribution in [0.3, 0.4) is 0 Å². The highest BCUT2D eigenvalue weighted by Crippen LogP contribution is 2.13. The van der Waals surface area contributed by atoms with Crippen LogP contribution in [-0.4, -0.2) is 43.3 Å². The molecule has 25 heavy (non-hydrogen) atoms. The molecule has 0 aliphatic rings. The van der Waals surface area contributed by atoms with Crippen LogP contribution in [0.5, 0.6) is 0 Å². The van der Waals surface area contributed by atoms with Crippen LogP contribution in [0.15, 0.2) is 30.3 Å². The average Bonchev–Trinajstić information content (AvgIpc) is 2.52. The first-order chi connectivity index (χ1) is 11.6. The van der Waals surface area contributed by atoms with Gasteiger partial charge in [-0.3, -0.25) is 9.59 Å². The number of benzene rings is 1. The van der Waals surface area contributed by atoms with Gasteiger partial charge in [-0.05, 0) is 39.8 Å². The molecule has 0 fully saturated rings. The Morgan fingerprint density at radius 1 is 1.16 bits per heavy atom. The lowest BCUT2D eigenvalue weighted by atomic mass is 10.2. The van der Waals surface area contributed by atoms with Crippen molar-refractivity contribution in [1.82, 2.24) is 5.32 Å². The zero-order valence-corrected chi connectivity index (χ0v) is 15.4. The second-order valence-corrected chi connectivity index (χ2v) is 6.54. The first-order valence-electron chi connectivity index (χ1n) is 8.09. The van der Waals surface area contributed by atoms with Crippen LogP contribution in [0.4, 0.5) is 10.5 Å². The molecule has 0 aromatic heterocycles. The number of anilines is 1. The number of ether oxygens (including phenoxy) is 2. The van der Waals surface area contributed by atoms with Gasteiger partial charge in [0.15, 0.2) is 6.10 Å². The number of hydrogen-bond acceptors (Lipinski definition) is 5. The number of rotatable bonds is 6. The molecule has 7 heteroatoms. The van der Waals surface area contributed by atoms with E-state index in [2.05, 4.69) is 5.32 Å². The molecule has 0 saturated carbocycles. The number of carbonyl (C=O) groups is 3. The molecular weight excluding hydrogens is 324 g/mol. The van der Waals surface area contributed by atoms with Gasteiger partial charge >= 0.3 is 12.1 Å². The van der Waals surface area contributed by atoms with Gasteiger partial charge in [0.25, 0.3) is 5.91 Å². The lowest BCUT2D eigenvalue weighted by molar-refractivity contribution is -0.153. The number of nitrogens with one attached hydrogen (secondary N) is 1. The summed E-state index contributed by atoms with van der Waals surface area (Å²) >= 11 is 0. The third-order valence-electron chi connectivity index (χ3n) is 3.13. The van der Waals surface area contributed by atoms with Crippen molar-refractivity contribution in [3.8, 4) is 0 Å². The van der Waals surface area contributed by atoms with E-state index in [1.165, 1.54) is 11.8 Å². The Bertz CT molecular complexity index is 595. The van der Waals surface area contributed by atoms with Crippen LogP contribution in [0.25, 0.3) is 0 Å². The first-order valence-corrected chi connectivity index (χ1v) is 8.09. The summed E-state index contributed by atoms with van der Waals surface area (Å²) in [5.41, 5.74) is 0.107. The second kappa shape index (κ2) is 9.05. The third kappa shape index (κ3) is 7.69. The van der Waals surface area contributed by atoms with Crippen molar-refractivity contribution >= 4 is 23.7 Å². The molecule has 0 aliphatic carbocycles. The number of hydrogen-bond donors (Lipinski definition) is 1. The van der Waals surface area contributed by atoms with E-state index in [9.17, 15) is 14.4 Å². The number of para-hydroxylation sites is 1. The van der Waals surface area contributed by atoms with Gasteiger partial charge in [0.2, 0.25) is 0 Å². The maximum Gasteiger partial charge on any atom is 0.407 e. The number of nitrogens with zero attached hydrogens (tertiary/aromatic N) is 1. The number of carbonyl (C=O) groups excluding carboxylic acids is 3. The summed E-state index contributed by atoms with van der Waals surface area (Å²) in [6.07, 6.45) is -1.57. The standard InChI is InChI=1S/C18H26N2O5/c1-13(16(22)20(5)14-9-7-6-8-10-14)24-15(21)11-12-19-17(23)25-18(2,3)4/h6-10,13H,11-12H2,1-5H3,(H,19,23)/t13-/m0/s1. The summed E-state index contributed by atoms with van der Waals surface area (Å²) < 4.78 is 10.2. The van der Waals surface area contributed by atoms with Gasteiger partial charge in [0, 0.05) is 19.3 Å². The summed E-state index contributed by atoms with van der Waals surface area (Å²) in [6, 6.07) is 9.06. The predicted molar refractivity (Wildman–Crippen MR) is 94.3 cm³/mol. The van der Waals surface area contributed by atoms with Gasteiger partial charge in [0.05, 0.1) is 6.42 Å². The quantitative estimate of drug-likeness (QED) is 0.797. The minimum atomic E-state index is -0.917. The van der Waals surface area contributed by atoms with Crippen molar-refractivity contribution in [1.29, 1.82) is 0 Å². The molecule has 0 spiro atoms. The molecular formula is C18H26N2O5. The SMILES string of the molecule is C[C@H](OC(=O)CCNC(=O)OC(C)(C)C)C(=O)N(C)c1ccccc1. The molecule has 138 valence electrons. The summed E-state index contributed by atoms with van der Waals surface area (Å²) in [6.45, 7) is 6.83. The van der Waals surface area contributed by atoms with Crippen LogP contribution in [0, 0.1) is 0 Å². The normalized spacial score (nSPS) is 12.0. The lowest BCUT2D eigenvalue weighted by Crippen LogP contribution is -2.38. The maximum absolute atomic E-state index is 12.3. The van der Waals surface area contributed by atoms with Crippen LogP contribution >= 0.6 is 0 Å². The van der Waals surface area contributed by atoms with E-state index in [0.29, 0.717) is 5.69 Å². The Hall–Kier alpha value is -2.57. The van der Waals surface area contributed by atoms with E-state index in [4.69, 9.17) is 9.47 Å². The number of alkyl carbamates (subject to hydrolysis) is 1. The van der Waals surface area contributed by atoms with Gasteiger partial charge in [0.1, 0.15) is 5.60 Å². The largest absolute Gasteiger partial charge is 0.452 e. The average molecular weight is 350 g/mol. The zero-order chi connectivity index (χ0) is 19.0. The van der Waals surface area contributed by atoms with E-state index in [1.54, 1.807) is 40.0 Å². The molecule has 0 aliphatic heterocycles. The summed E-state index contributed by atoms with van der Waals surface area (Å²) in [5, 5.41) is 2.46. The van der Waals surface area contributed by atoms with Crippen LogP contribution in [-0.2, 0) is 19.1 Å². The fourth-order valence-corrected chi connectivity index (χ4v) is 1.94. The molecule has 0 saturated heterocycles. The third-order valence-corrected chi connectivity index (χ3v) is 3.13. The Balaban J connectivity index is 2.38. The second-order valence-electron chi connectivity index (χ2n) is 6.54. The molecule has 7 nitrogen and oxygen atoms in total. The molecule has 0 bridgehead atoms. The van der Waals surface area contributed by atoms with Crippen molar-refractivity contribution in [2.75, 3.05) is 18.5 Å². The Morgan fingerprint density at radius 3 is 2.32 bits per heavy atom. The lowest BCUT2D eigenvalue weighted by Gasteiger charge is -2.22. The van der Waals surface area contributed by atoms with E-state index in [0.717, 1.165) is 0 Å². The van der Waals surface area contributed by atoms with E-state index >= 15 is 0 Å². The van der Waals surface area contributed by atoms with Crippen LogP contribution < -0.4 is 10.2 Å². The molecule has 1 rings (SSSR count). The summed E-state index contributed by atoms with van der Waals surface area (Å²) in [7, 11) is 1.62. The van der Waals surface area contributed by atoms with Gasteiger partial charge in [-0.2, -0.15) is 0 Å². The topological polar surface area (TPSA) is 84.9 Å². The number of esters is 1. The highest BCUT2D eigenvalue weighted by molar-refractivity contribution is 5.96. The van der Waals surface area contributed by atoms with Crippen molar-refractivity contribution in [3.63, 3.8) is 0 Å². The molecule has 0 unspecified atom stereocenters. The van der Waals surface area contributed by atoms with E-state index in [1.807, 2.05) is 18.2 Å². The molecule has 0 heterocycles. The van der Waals surface area contributed by atoms with Gasteiger partial charge in [-0.15, -0.1) is 0 Å². The maximum atomic E-state index is 12.3. The summed E-state index contributed by atoms with van der Waals surface area (Å²) in [4.78, 5) is 37.0. The van der Waals surface area contributed by atoms with Crippen molar-refractivity contribution in [2.24, 2.45) is 0 Å². The van der Waals surface area contributed by atoms with Crippen molar-refractivity contribution < 1.29 is 23.9 Å². The van der Waals surface area contributed by atoms with Crippen molar-refractivity contribution in [3.05, 3.63) is 30.3 Å². The minimum absolute atomic E-state index is 0.0497. The highest BCUT2D eigenvalue weighted by atomic mass is 16.6. The van der Waals surface area contributed by atoms with Crippen LogP contribution in [0.2, 0.25) is 0 Å². The number of amides is 2. The first kappa shape index (κ1) is 20.5. The number of likely N-dealkylation sites (N-methyl/N-ethyl adjacent to an activating group) is 1. The highest BCUT2D eigenvalue weighted by Gasteiger charge is 2.22. The van der Waals surface area contributed by atoms with Gasteiger partial charge in [-0.25, -0.2) is 4.79 Å². The van der Waals surface area contributed by atoms with Gasteiger partial charge in [-0.1, -0.05) is 18.2 Å². The van der Waals surface area contributed by atoms with Crippen LogP contribution in [0.1, 0.15) is 34.1 Å². The fraction of sp³-hybridized carbons (Fsp3) is 0.500. The summed E-state index contributed by atoms with van der Waals surface area (Å²) in [5.74, 6) is -0.905. The van der Waals surface area contributed by atoms with E-state index < -0.39 is 23.8 Å². The Kier molecular flexibility index (Phi) is 7.42.